The van der Waals surface area contributed by atoms with Gasteiger partial charge in [0.15, 0.2) is 0 Å². The van der Waals surface area contributed by atoms with Crippen molar-refractivity contribution < 1.29 is 0 Å². The van der Waals surface area contributed by atoms with Crippen molar-refractivity contribution in [1.29, 1.82) is 0 Å². The Kier molecular flexibility index (Phi) is 4.66. The van der Waals surface area contributed by atoms with E-state index in [0.29, 0.717) is 0 Å². The lowest BCUT2D eigenvalue weighted by molar-refractivity contribution is 0.701. The van der Waals surface area contributed by atoms with E-state index in [2.05, 4.69) is 54.7 Å². The van der Waals surface area contributed by atoms with Crippen LogP contribution in [0.15, 0.2) is 38.6 Å². The minimum Gasteiger partial charge on any atom is -0.309 e. The lowest BCUT2D eigenvalue weighted by Gasteiger charge is -2.16. The molecular formula is C12H10Br2ClNS. The van der Waals surface area contributed by atoms with Crippen molar-refractivity contribution >= 4 is 54.8 Å². The van der Waals surface area contributed by atoms with Gasteiger partial charge in [-0.05, 0) is 58.2 Å². The Balaban J connectivity index is 2.45. The molecule has 1 nitrogen and oxygen atoms in total. The first-order chi connectivity index (χ1) is 8.11. The number of thiophene rings is 1. The average Bonchev–Trinajstić information content (AvgIpc) is 2.65. The number of benzene rings is 1. The van der Waals surface area contributed by atoms with Crippen LogP contribution in [0, 0.1) is 0 Å². The molecule has 2 aromatic rings. The van der Waals surface area contributed by atoms with Crippen LogP contribution in [0.3, 0.4) is 0 Å². The van der Waals surface area contributed by atoms with E-state index in [0.717, 1.165) is 19.5 Å². The molecular weight excluding hydrogens is 385 g/mol. The van der Waals surface area contributed by atoms with Gasteiger partial charge in [0, 0.05) is 18.8 Å². The molecule has 2 rings (SSSR count). The Morgan fingerprint density at radius 1 is 1.29 bits per heavy atom. The topological polar surface area (TPSA) is 12.0 Å². The third kappa shape index (κ3) is 3.12. The summed E-state index contributed by atoms with van der Waals surface area (Å²) in [7, 11) is 1.95. The van der Waals surface area contributed by atoms with Crippen LogP contribution in [0.5, 0.6) is 0 Å². The number of hydrogen-bond acceptors (Lipinski definition) is 2. The molecule has 0 aliphatic carbocycles. The molecule has 0 bridgehead atoms. The smallest absolute Gasteiger partial charge is 0.0680 e. The Bertz CT molecular complexity index is 507. The number of nitrogens with one attached hydrogen (secondary N) is 1. The predicted octanol–water partition coefficient (Wildman–Crippen LogP) is 5.24. The van der Waals surface area contributed by atoms with Crippen LogP contribution in [0.1, 0.15) is 16.5 Å². The summed E-state index contributed by atoms with van der Waals surface area (Å²) in [5, 5.41) is 6.13. The van der Waals surface area contributed by atoms with Crippen molar-refractivity contribution in [2.75, 3.05) is 7.05 Å². The molecule has 17 heavy (non-hydrogen) atoms. The zero-order valence-corrected chi connectivity index (χ0v) is 13.8. The van der Waals surface area contributed by atoms with E-state index in [1.54, 1.807) is 11.3 Å². The number of rotatable bonds is 3. The van der Waals surface area contributed by atoms with Gasteiger partial charge in [-0.3, -0.25) is 0 Å². The van der Waals surface area contributed by atoms with Crippen molar-refractivity contribution in [2.45, 2.75) is 6.04 Å². The molecule has 1 N–H and O–H groups in total. The Hall–Kier alpha value is 0.130. The van der Waals surface area contributed by atoms with Crippen molar-refractivity contribution in [2.24, 2.45) is 0 Å². The van der Waals surface area contributed by atoms with Crippen LogP contribution in [0.4, 0.5) is 0 Å². The molecule has 0 saturated heterocycles. The molecule has 0 amide bonds. The molecule has 0 aliphatic heterocycles. The van der Waals surface area contributed by atoms with Gasteiger partial charge < -0.3 is 5.32 Å². The summed E-state index contributed by atoms with van der Waals surface area (Å²) in [6.45, 7) is 0. The molecule has 90 valence electrons. The third-order valence-corrected chi connectivity index (χ3v) is 5.03. The van der Waals surface area contributed by atoms with Gasteiger partial charge in [-0.25, -0.2) is 0 Å². The van der Waals surface area contributed by atoms with Crippen LogP contribution in [0.2, 0.25) is 5.02 Å². The molecule has 5 heteroatoms. The molecule has 0 fully saturated rings. The maximum absolute atomic E-state index is 6.09. The van der Waals surface area contributed by atoms with Crippen molar-refractivity contribution in [3.63, 3.8) is 0 Å². The standard InChI is InChI=1S/C12H10Br2ClNS/c1-16-11(12-10(14)2-3-17-12)7-4-8(13)6-9(15)5-7/h2-6,11,16H,1H3. The van der Waals surface area contributed by atoms with E-state index < -0.39 is 0 Å². The summed E-state index contributed by atoms with van der Waals surface area (Å²) in [5.74, 6) is 0. The molecule has 1 unspecified atom stereocenters. The van der Waals surface area contributed by atoms with Crippen molar-refractivity contribution in [3.8, 4) is 0 Å². The van der Waals surface area contributed by atoms with Crippen molar-refractivity contribution in [1.82, 2.24) is 5.32 Å². The fourth-order valence-electron chi connectivity index (χ4n) is 1.70. The largest absolute Gasteiger partial charge is 0.309 e. The van der Waals surface area contributed by atoms with Gasteiger partial charge in [0.2, 0.25) is 0 Å². The van der Waals surface area contributed by atoms with Crippen molar-refractivity contribution in [3.05, 3.63) is 54.1 Å². The summed E-state index contributed by atoms with van der Waals surface area (Å²) < 4.78 is 2.12. The minimum absolute atomic E-state index is 0.152. The Morgan fingerprint density at radius 3 is 2.59 bits per heavy atom. The zero-order chi connectivity index (χ0) is 12.4. The number of hydrogen-bond donors (Lipinski definition) is 1. The SMILES string of the molecule is CNC(c1cc(Cl)cc(Br)c1)c1sccc1Br. The normalized spacial score (nSPS) is 12.7. The van der Waals surface area contributed by atoms with Crippen LogP contribution in [-0.4, -0.2) is 7.05 Å². The summed E-state index contributed by atoms with van der Waals surface area (Å²) in [6, 6.07) is 8.17. The highest BCUT2D eigenvalue weighted by molar-refractivity contribution is 9.10. The first kappa shape index (κ1) is 13.6. The molecule has 0 aliphatic rings. The Labute approximate surface area is 126 Å². The Morgan fingerprint density at radius 2 is 2.06 bits per heavy atom. The lowest BCUT2D eigenvalue weighted by Crippen LogP contribution is -2.16. The van der Waals surface area contributed by atoms with Gasteiger partial charge in [0.05, 0.1) is 6.04 Å². The molecule has 0 saturated carbocycles. The highest BCUT2D eigenvalue weighted by Crippen LogP contribution is 2.34. The fraction of sp³-hybridized carbons (Fsp3) is 0.167. The van der Waals surface area contributed by atoms with E-state index in [-0.39, 0.29) is 6.04 Å². The third-order valence-electron chi connectivity index (χ3n) is 2.41. The highest BCUT2D eigenvalue weighted by atomic mass is 79.9. The maximum atomic E-state index is 6.09. The van der Waals surface area contributed by atoms with E-state index in [4.69, 9.17) is 11.6 Å². The molecule has 1 aromatic heterocycles. The zero-order valence-electron chi connectivity index (χ0n) is 9.01. The first-order valence-electron chi connectivity index (χ1n) is 4.98. The lowest BCUT2D eigenvalue weighted by atomic mass is 10.1. The second kappa shape index (κ2) is 5.85. The van der Waals surface area contributed by atoms with Gasteiger partial charge >= 0.3 is 0 Å². The molecule has 0 spiro atoms. The number of halogens is 3. The van der Waals surface area contributed by atoms with Gasteiger partial charge in [-0.15, -0.1) is 11.3 Å². The second-order valence-corrected chi connectivity index (χ2v) is 6.71. The van der Waals surface area contributed by atoms with Gasteiger partial charge in [0.1, 0.15) is 0 Å². The van der Waals surface area contributed by atoms with E-state index in [1.807, 2.05) is 19.2 Å². The van der Waals surface area contributed by atoms with Gasteiger partial charge in [0.25, 0.3) is 0 Å². The van der Waals surface area contributed by atoms with Crippen LogP contribution in [0.25, 0.3) is 0 Å². The fourth-order valence-corrected chi connectivity index (χ4v) is 4.33. The summed E-state index contributed by atoms with van der Waals surface area (Å²) >= 11 is 14.8. The van der Waals surface area contributed by atoms with E-state index in [9.17, 15) is 0 Å². The molecule has 1 heterocycles. The maximum Gasteiger partial charge on any atom is 0.0680 e. The monoisotopic (exact) mass is 393 g/mol. The second-order valence-electron chi connectivity index (χ2n) is 3.56. The van der Waals surface area contributed by atoms with Crippen LogP contribution >= 0.6 is 54.8 Å². The van der Waals surface area contributed by atoms with Gasteiger partial charge in [-0.2, -0.15) is 0 Å². The average molecular weight is 396 g/mol. The molecule has 1 aromatic carbocycles. The minimum atomic E-state index is 0.152. The summed E-state index contributed by atoms with van der Waals surface area (Å²) in [6.07, 6.45) is 0. The predicted molar refractivity (Wildman–Crippen MR) is 82.1 cm³/mol. The summed E-state index contributed by atoms with van der Waals surface area (Å²) in [5.41, 5.74) is 1.15. The molecule has 1 atom stereocenters. The van der Waals surface area contributed by atoms with Crippen LogP contribution in [-0.2, 0) is 0 Å². The van der Waals surface area contributed by atoms with Crippen LogP contribution < -0.4 is 5.32 Å². The highest BCUT2D eigenvalue weighted by Gasteiger charge is 2.17. The quantitative estimate of drug-likeness (QED) is 0.750. The summed E-state index contributed by atoms with van der Waals surface area (Å²) in [4.78, 5) is 1.25. The first-order valence-corrected chi connectivity index (χ1v) is 7.82. The van der Waals surface area contributed by atoms with E-state index >= 15 is 0 Å². The van der Waals surface area contributed by atoms with Gasteiger partial charge in [-0.1, -0.05) is 27.5 Å². The molecule has 0 radical (unpaired) electrons. The van der Waals surface area contributed by atoms with E-state index in [1.165, 1.54) is 4.88 Å².